The van der Waals surface area contributed by atoms with Crippen LogP contribution in [0.2, 0.25) is 5.02 Å². The van der Waals surface area contributed by atoms with Crippen molar-refractivity contribution in [2.45, 2.75) is 18.7 Å². The number of halogens is 4. The predicted octanol–water partition coefficient (Wildman–Crippen LogP) is 2.81. The van der Waals surface area contributed by atoms with Gasteiger partial charge in [0.1, 0.15) is 5.75 Å². The molecule has 0 saturated heterocycles. The quantitative estimate of drug-likeness (QED) is 0.899. The molecule has 0 fully saturated rings. The molecule has 90 valence electrons. The van der Waals surface area contributed by atoms with Gasteiger partial charge in [0.15, 0.2) is 6.10 Å². The lowest BCUT2D eigenvalue weighted by Gasteiger charge is -2.16. The van der Waals surface area contributed by atoms with E-state index in [0.29, 0.717) is 0 Å². The van der Waals surface area contributed by atoms with Gasteiger partial charge in [0, 0.05) is 6.42 Å². The normalized spacial score (nSPS) is 13.6. The molecule has 6 heteroatoms. The predicted molar refractivity (Wildman–Crippen MR) is 53.8 cm³/mol. The van der Waals surface area contributed by atoms with E-state index >= 15 is 0 Å². The first-order valence-electron chi connectivity index (χ1n) is 4.42. The minimum Gasteiger partial charge on any atom is -0.495 e. The zero-order valence-electron chi connectivity index (χ0n) is 8.38. The van der Waals surface area contributed by atoms with E-state index in [0.717, 1.165) is 0 Å². The molecular formula is C10H10ClF3O2. The van der Waals surface area contributed by atoms with E-state index in [1.807, 2.05) is 0 Å². The van der Waals surface area contributed by atoms with Gasteiger partial charge in [0.05, 0.1) is 12.1 Å². The molecule has 0 aliphatic carbocycles. The lowest BCUT2D eigenvalue weighted by molar-refractivity contribution is -0.203. The largest absolute Gasteiger partial charge is 0.495 e. The van der Waals surface area contributed by atoms with Crippen molar-refractivity contribution in [1.29, 1.82) is 0 Å². The molecule has 0 aromatic heterocycles. The molecule has 0 aliphatic heterocycles. The Hall–Kier alpha value is -0.940. The first kappa shape index (κ1) is 13.1. The first-order chi connectivity index (χ1) is 7.36. The van der Waals surface area contributed by atoms with Crippen molar-refractivity contribution < 1.29 is 23.0 Å². The molecule has 0 bridgehead atoms. The first-order valence-corrected chi connectivity index (χ1v) is 4.80. The maximum atomic E-state index is 12.1. The molecule has 1 aromatic rings. The maximum Gasteiger partial charge on any atom is 0.414 e. The van der Waals surface area contributed by atoms with Gasteiger partial charge in [-0.25, -0.2) is 0 Å². The average Bonchev–Trinajstić information content (AvgIpc) is 2.16. The summed E-state index contributed by atoms with van der Waals surface area (Å²) in [6, 6.07) is 4.44. The van der Waals surface area contributed by atoms with Crippen molar-refractivity contribution in [3.63, 3.8) is 0 Å². The van der Waals surface area contributed by atoms with Gasteiger partial charge in [-0.3, -0.25) is 0 Å². The molecular weight excluding hydrogens is 245 g/mol. The van der Waals surface area contributed by atoms with Crippen molar-refractivity contribution in [3.8, 4) is 5.75 Å². The molecule has 1 rings (SSSR count). The second-order valence-electron chi connectivity index (χ2n) is 3.19. The lowest BCUT2D eigenvalue weighted by Crippen LogP contribution is -2.30. The molecule has 0 saturated carbocycles. The Balaban J connectivity index is 2.93. The molecule has 0 aliphatic rings. The van der Waals surface area contributed by atoms with E-state index < -0.39 is 18.7 Å². The number of hydrogen-bond donors (Lipinski definition) is 1. The van der Waals surface area contributed by atoms with Crippen molar-refractivity contribution in [2.75, 3.05) is 7.11 Å². The van der Waals surface area contributed by atoms with Crippen LogP contribution in [0.5, 0.6) is 5.75 Å². The van der Waals surface area contributed by atoms with Crippen LogP contribution in [0.15, 0.2) is 18.2 Å². The molecule has 0 heterocycles. The molecule has 1 aromatic carbocycles. The van der Waals surface area contributed by atoms with Crippen LogP contribution in [0, 0.1) is 0 Å². The number of para-hydroxylation sites is 1. The minimum atomic E-state index is -4.65. The highest BCUT2D eigenvalue weighted by Crippen LogP contribution is 2.31. The monoisotopic (exact) mass is 254 g/mol. The number of ether oxygens (including phenoxy) is 1. The van der Waals surface area contributed by atoms with Crippen LogP contribution in [0.25, 0.3) is 0 Å². The topological polar surface area (TPSA) is 29.5 Å². The van der Waals surface area contributed by atoms with E-state index in [2.05, 4.69) is 0 Å². The Bertz CT molecular complexity index is 366. The van der Waals surface area contributed by atoms with Crippen LogP contribution in [-0.2, 0) is 6.42 Å². The third-order valence-electron chi connectivity index (χ3n) is 2.04. The summed E-state index contributed by atoms with van der Waals surface area (Å²) in [6.07, 6.45) is -7.64. The molecule has 0 radical (unpaired) electrons. The number of benzene rings is 1. The van der Waals surface area contributed by atoms with Gasteiger partial charge in [-0.1, -0.05) is 23.7 Å². The Morgan fingerprint density at radius 1 is 1.44 bits per heavy atom. The summed E-state index contributed by atoms with van der Waals surface area (Å²) in [7, 11) is 1.31. The van der Waals surface area contributed by atoms with Gasteiger partial charge in [-0.15, -0.1) is 0 Å². The summed E-state index contributed by atoms with van der Waals surface area (Å²) < 4.78 is 41.3. The van der Waals surface area contributed by atoms with Crippen molar-refractivity contribution in [1.82, 2.24) is 0 Å². The van der Waals surface area contributed by atoms with Crippen molar-refractivity contribution in [3.05, 3.63) is 28.8 Å². The summed E-state index contributed by atoms with van der Waals surface area (Å²) in [6.45, 7) is 0. The van der Waals surface area contributed by atoms with Gasteiger partial charge in [-0.2, -0.15) is 13.2 Å². The van der Waals surface area contributed by atoms with E-state index in [-0.39, 0.29) is 16.3 Å². The summed E-state index contributed by atoms with van der Waals surface area (Å²) in [5, 5.41) is 9.14. The van der Waals surface area contributed by atoms with Crippen molar-refractivity contribution in [2.24, 2.45) is 0 Å². The number of hydrogen-bond acceptors (Lipinski definition) is 2. The molecule has 1 unspecified atom stereocenters. The van der Waals surface area contributed by atoms with Crippen LogP contribution >= 0.6 is 11.6 Å². The molecule has 1 N–H and O–H groups in total. The fourth-order valence-electron chi connectivity index (χ4n) is 1.27. The van der Waals surface area contributed by atoms with Crippen molar-refractivity contribution >= 4 is 11.6 Å². The Morgan fingerprint density at radius 2 is 2.06 bits per heavy atom. The Labute approximate surface area is 95.6 Å². The van der Waals surface area contributed by atoms with E-state index in [4.69, 9.17) is 21.4 Å². The maximum absolute atomic E-state index is 12.1. The number of aliphatic hydroxyl groups excluding tert-OH is 1. The van der Waals surface area contributed by atoms with Gasteiger partial charge in [0.2, 0.25) is 0 Å². The third-order valence-corrected chi connectivity index (χ3v) is 2.34. The van der Waals surface area contributed by atoms with Gasteiger partial charge in [0.25, 0.3) is 0 Å². The van der Waals surface area contributed by atoms with Gasteiger partial charge >= 0.3 is 6.18 Å². The number of alkyl halides is 3. The van der Waals surface area contributed by atoms with E-state index in [9.17, 15) is 13.2 Å². The smallest absolute Gasteiger partial charge is 0.414 e. The summed E-state index contributed by atoms with van der Waals surface area (Å²) >= 11 is 5.74. The highest BCUT2D eigenvalue weighted by molar-refractivity contribution is 6.32. The fraction of sp³-hybridized carbons (Fsp3) is 0.400. The van der Waals surface area contributed by atoms with Crippen LogP contribution in [-0.4, -0.2) is 24.5 Å². The highest BCUT2D eigenvalue weighted by atomic mass is 35.5. The minimum absolute atomic E-state index is 0.160. The summed E-state index contributed by atoms with van der Waals surface area (Å²) in [4.78, 5) is 0. The number of methoxy groups -OCH3 is 1. The average molecular weight is 255 g/mol. The molecule has 2 nitrogen and oxygen atoms in total. The highest BCUT2D eigenvalue weighted by Gasteiger charge is 2.38. The third kappa shape index (κ3) is 3.02. The van der Waals surface area contributed by atoms with Gasteiger partial charge < -0.3 is 9.84 Å². The summed E-state index contributed by atoms with van der Waals surface area (Å²) in [5.41, 5.74) is 0.222. The Morgan fingerprint density at radius 3 is 2.56 bits per heavy atom. The second-order valence-corrected chi connectivity index (χ2v) is 3.60. The number of aliphatic hydroxyl groups is 1. The molecule has 0 spiro atoms. The van der Waals surface area contributed by atoms with E-state index in [1.165, 1.54) is 25.3 Å². The molecule has 0 amide bonds. The lowest BCUT2D eigenvalue weighted by atomic mass is 10.1. The Kier molecular flexibility index (Phi) is 4.04. The van der Waals surface area contributed by atoms with E-state index in [1.54, 1.807) is 0 Å². The van der Waals surface area contributed by atoms with Crippen LogP contribution in [0.4, 0.5) is 13.2 Å². The summed E-state index contributed by atoms with van der Waals surface area (Å²) in [5.74, 6) is 0.160. The standard InChI is InChI=1S/C10H10ClF3O2/c1-16-9-6(3-2-4-7(9)11)5-8(15)10(12,13)14/h2-4,8,15H,5H2,1H3. The SMILES string of the molecule is COc1c(Cl)cccc1CC(O)C(F)(F)F. The van der Waals surface area contributed by atoms with Gasteiger partial charge in [-0.05, 0) is 11.6 Å². The zero-order valence-corrected chi connectivity index (χ0v) is 9.14. The van der Waals surface area contributed by atoms with Crippen LogP contribution < -0.4 is 4.74 Å². The number of rotatable bonds is 3. The zero-order chi connectivity index (χ0) is 12.3. The second kappa shape index (κ2) is 4.93. The molecule has 16 heavy (non-hydrogen) atoms. The fourth-order valence-corrected chi connectivity index (χ4v) is 1.54. The van der Waals surface area contributed by atoms with Crippen LogP contribution in [0.1, 0.15) is 5.56 Å². The van der Waals surface area contributed by atoms with Crippen LogP contribution in [0.3, 0.4) is 0 Å². The molecule has 1 atom stereocenters.